The zero-order valence-electron chi connectivity index (χ0n) is 12.3. The summed E-state index contributed by atoms with van der Waals surface area (Å²) in [5, 5.41) is 5.81. The van der Waals surface area contributed by atoms with Gasteiger partial charge in [0.05, 0.1) is 11.4 Å². The number of rotatable bonds is 5. The summed E-state index contributed by atoms with van der Waals surface area (Å²) in [6.45, 7) is 0. The van der Waals surface area contributed by atoms with E-state index in [0.717, 1.165) is 11.8 Å². The third-order valence-electron chi connectivity index (χ3n) is 2.91. The lowest BCUT2D eigenvalue weighted by molar-refractivity contribution is -0.113. The molecule has 9 nitrogen and oxygen atoms in total. The van der Waals surface area contributed by atoms with Gasteiger partial charge in [-0.25, -0.2) is 14.6 Å². The van der Waals surface area contributed by atoms with Crippen molar-refractivity contribution in [3.8, 4) is 5.69 Å². The Morgan fingerprint density at radius 1 is 1.29 bits per heavy atom. The van der Waals surface area contributed by atoms with E-state index in [1.807, 2.05) is 18.2 Å². The van der Waals surface area contributed by atoms with Gasteiger partial charge in [0.15, 0.2) is 5.16 Å². The first-order chi connectivity index (χ1) is 11.6. The van der Waals surface area contributed by atoms with Gasteiger partial charge in [0.25, 0.3) is 5.56 Å². The van der Waals surface area contributed by atoms with Crippen LogP contribution in [0.5, 0.6) is 0 Å². The van der Waals surface area contributed by atoms with Gasteiger partial charge in [-0.05, 0) is 12.1 Å². The summed E-state index contributed by atoms with van der Waals surface area (Å²) >= 11 is 1.12. The minimum Gasteiger partial charge on any atom is -0.368 e. The molecule has 0 atom stereocenters. The van der Waals surface area contributed by atoms with Crippen LogP contribution in [0.1, 0.15) is 0 Å². The number of nitrogen functional groups attached to an aromatic ring is 1. The number of aromatic nitrogens is 5. The predicted molar refractivity (Wildman–Crippen MR) is 90.0 cm³/mol. The zero-order valence-corrected chi connectivity index (χ0v) is 13.2. The first-order valence-corrected chi connectivity index (χ1v) is 7.85. The number of nitrogens with zero attached hydrogens (tertiary/aromatic N) is 4. The topological polar surface area (TPSA) is 132 Å². The van der Waals surface area contributed by atoms with Crippen LogP contribution < -0.4 is 16.6 Å². The summed E-state index contributed by atoms with van der Waals surface area (Å²) in [7, 11) is 0. The Morgan fingerprint density at radius 3 is 2.83 bits per heavy atom. The normalized spacial score (nSPS) is 10.5. The minimum atomic E-state index is -0.305. The average Bonchev–Trinajstić information content (AvgIpc) is 2.94. The summed E-state index contributed by atoms with van der Waals surface area (Å²) in [4.78, 5) is 35.4. The molecule has 2 aromatic heterocycles. The van der Waals surface area contributed by atoms with Crippen LogP contribution in [-0.2, 0) is 4.79 Å². The van der Waals surface area contributed by atoms with E-state index in [2.05, 4.69) is 25.4 Å². The molecule has 0 fully saturated rings. The van der Waals surface area contributed by atoms with Crippen LogP contribution in [0.3, 0.4) is 0 Å². The smallest absolute Gasteiger partial charge is 0.273 e. The first kappa shape index (κ1) is 15.7. The number of para-hydroxylation sites is 1. The van der Waals surface area contributed by atoms with Gasteiger partial charge in [-0.2, -0.15) is 4.98 Å². The maximum Gasteiger partial charge on any atom is 0.273 e. The molecule has 1 amide bonds. The van der Waals surface area contributed by atoms with Crippen LogP contribution in [0.25, 0.3) is 5.69 Å². The van der Waals surface area contributed by atoms with Gasteiger partial charge in [-0.3, -0.25) is 14.7 Å². The molecule has 0 aliphatic heterocycles. The molecule has 2 heterocycles. The number of thioether (sulfide) groups is 1. The fourth-order valence-electron chi connectivity index (χ4n) is 1.91. The number of anilines is 2. The Balaban J connectivity index is 1.64. The molecule has 4 N–H and O–H groups in total. The second-order valence-corrected chi connectivity index (χ2v) is 5.58. The number of aromatic amines is 1. The molecule has 0 bridgehead atoms. The SMILES string of the molecule is Nc1ncnc(SCC(=O)Nc2cc(=O)n(-c3ccccc3)[nH]2)n1. The Labute approximate surface area is 140 Å². The molecule has 0 aliphatic carbocycles. The van der Waals surface area contributed by atoms with Crippen LogP contribution >= 0.6 is 11.8 Å². The highest BCUT2D eigenvalue weighted by atomic mass is 32.2. The van der Waals surface area contributed by atoms with Crippen molar-refractivity contribution in [1.82, 2.24) is 24.7 Å². The van der Waals surface area contributed by atoms with E-state index in [1.54, 1.807) is 12.1 Å². The zero-order chi connectivity index (χ0) is 16.9. The molecule has 1 aromatic carbocycles. The largest absolute Gasteiger partial charge is 0.368 e. The van der Waals surface area contributed by atoms with E-state index >= 15 is 0 Å². The van der Waals surface area contributed by atoms with Crippen molar-refractivity contribution < 1.29 is 4.79 Å². The Bertz CT molecular complexity index is 907. The van der Waals surface area contributed by atoms with Crippen molar-refractivity contribution in [3.63, 3.8) is 0 Å². The van der Waals surface area contributed by atoms with Crippen molar-refractivity contribution in [3.05, 3.63) is 53.1 Å². The monoisotopic (exact) mass is 343 g/mol. The van der Waals surface area contributed by atoms with Gasteiger partial charge < -0.3 is 11.1 Å². The van der Waals surface area contributed by atoms with Gasteiger partial charge in [-0.15, -0.1) is 0 Å². The molecule has 3 rings (SSSR count). The lowest BCUT2D eigenvalue weighted by Crippen LogP contribution is -2.15. The highest BCUT2D eigenvalue weighted by Crippen LogP contribution is 2.13. The molecule has 0 radical (unpaired) electrons. The molecular formula is C14H13N7O2S. The molecule has 10 heteroatoms. The Hall–Kier alpha value is -3.14. The van der Waals surface area contributed by atoms with Crippen LogP contribution in [0.4, 0.5) is 11.8 Å². The fraction of sp³-hybridized carbons (Fsp3) is 0.0714. The summed E-state index contributed by atoms with van der Waals surface area (Å²) in [5.74, 6) is 0.171. The second-order valence-electron chi connectivity index (χ2n) is 4.64. The quantitative estimate of drug-likeness (QED) is 0.580. The molecule has 0 spiro atoms. The maximum atomic E-state index is 12.0. The number of H-pyrrole nitrogens is 1. The van der Waals surface area contributed by atoms with E-state index in [0.29, 0.717) is 16.7 Å². The molecule has 122 valence electrons. The summed E-state index contributed by atoms with van der Waals surface area (Å²) in [6, 6.07) is 10.4. The average molecular weight is 343 g/mol. The van der Waals surface area contributed by atoms with Crippen molar-refractivity contribution in [1.29, 1.82) is 0 Å². The van der Waals surface area contributed by atoms with Crippen molar-refractivity contribution in [2.45, 2.75) is 5.16 Å². The van der Waals surface area contributed by atoms with E-state index in [4.69, 9.17) is 5.73 Å². The summed E-state index contributed by atoms with van der Waals surface area (Å²) in [6.07, 6.45) is 1.28. The van der Waals surface area contributed by atoms with E-state index in [1.165, 1.54) is 17.1 Å². The third-order valence-corrected chi connectivity index (χ3v) is 3.77. The van der Waals surface area contributed by atoms with Gasteiger partial charge in [0, 0.05) is 6.07 Å². The summed E-state index contributed by atoms with van der Waals surface area (Å²) in [5.41, 5.74) is 5.85. The number of hydrogen-bond acceptors (Lipinski definition) is 7. The number of amides is 1. The van der Waals surface area contributed by atoms with Crippen molar-refractivity contribution >= 4 is 29.4 Å². The molecule has 24 heavy (non-hydrogen) atoms. The molecule has 0 saturated carbocycles. The van der Waals surface area contributed by atoms with Crippen LogP contribution in [0, 0.1) is 0 Å². The van der Waals surface area contributed by atoms with Crippen LogP contribution in [-0.4, -0.2) is 36.4 Å². The Morgan fingerprint density at radius 2 is 2.08 bits per heavy atom. The summed E-state index contributed by atoms with van der Waals surface area (Å²) < 4.78 is 1.34. The third kappa shape index (κ3) is 3.79. The highest BCUT2D eigenvalue weighted by Gasteiger charge is 2.09. The molecule has 3 aromatic rings. The molecule has 0 unspecified atom stereocenters. The van der Waals surface area contributed by atoms with E-state index < -0.39 is 0 Å². The predicted octanol–water partition coefficient (Wildman–Crippen LogP) is 0.664. The van der Waals surface area contributed by atoms with Gasteiger partial charge in [0.1, 0.15) is 12.1 Å². The standard InChI is InChI=1S/C14H13N7O2S/c15-13-16-8-17-14(19-13)24-7-11(22)18-10-6-12(23)21(20-10)9-4-2-1-3-5-9/h1-6,8,20H,7H2,(H,18,22)(H2,15,16,17,19). The molecule has 0 saturated heterocycles. The molecular weight excluding hydrogens is 330 g/mol. The molecule has 0 aliphatic rings. The van der Waals surface area contributed by atoms with Gasteiger partial charge in [-0.1, -0.05) is 30.0 Å². The van der Waals surface area contributed by atoms with Crippen LogP contribution in [0.15, 0.2) is 52.7 Å². The Kier molecular flexibility index (Phi) is 4.57. The van der Waals surface area contributed by atoms with E-state index in [-0.39, 0.29) is 23.2 Å². The van der Waals surface area contributed by atoms with Gasteiger partial charge in [0.2, 0.25) is 11.9 Å². The number of nitrogens with one attached hydrogen (secondary N) is 2. The fourth-order valence-corrected chi connectivity index (χ4v) is 2.52. The first-order valence-electron chi connectivity index (χ1n) is 6.86. The van der Waals surface area contributed by atoms with Crippen molar-refractivity contribution in [2.75, 3.05) is 16.8 Å². The number of nitrogens with two attached hydrogens (primary N) is 1. The van der Waals surface area contributed by atoms with E-state index in [9.17, 15) is 9.59 Å². The number of carbonyl (C=O) groups excluding carboxylic acids is 1. The lowest BCUT2D eigenvalue weighted by atomic mass is 10.3. The minimum absolute atomic E-state index is 0.0714. The number of benzene rings is 1. The van der Waals surface area contributed by atoms with Crippen molar-refractivity contribution in [2.24, 2.45) is 0 Å². The number of hydrogen-bond donors (Lipinski definition) is 3. The lowest BCUT2D eigenvalue weighted by Gasteiger charge is -2.03. The van der Waals surface area contributed by atoms with Gasteiger partial charge >= 0.3 is 0 Å². The highest BCUT2D eigenvalue weighted by molar-refractivity contribution is 7.99. The maximum absolute atomic E-state index is 12.0. The number of carbonyl (C=O) groups is 1. The second kappa shape index (κ2) is 6.96. The van der Waals surface area contributed by atoms with Crippen LogP contribution in [0.2, 0.25) is 0 Å².